The molecule has 0 aliphatic heterocycles. The van der Waals surface area contributed by atoms with Gasteiger partial charge in [0.05, 0.1) is 6.61 Å². The van der Waals surface area contributed by atoms with E-state index < -0.39 is 0 Å². The van der Waals surface area contributed by atoms with Gasteiger partial charge in [-0.05, 0) is 6.42 Å². The molecule has 0 aliphatic carbocycles. The molecule has 0 aromatic rings. The predicted molar refractivity (Wildman–Crippen MR) is 52.2 cm³/mol. The molecule has 0 rings (SSSR count). The second-order valence-electron chi connectivity index (χ2n) is 2.18. The van der Waals surface area contributed by atoms with Crippen LogP contribution >= 0.6 is 31.9 Å². The Balaban J connectivity index is 2.89. The van der Waals surface area contributed by atoms with Gasteiger partial charge in [-0.25, -0.2) is 0 Å². The summed E-state index contributed by atoms with van der Waals surface area (Å²) in [6.07, 6.45) is 2.38. The van der Waals surface area contributed by atoms with Crippen LogP contribution in [0, 0.1) is 0 Å². The third-order valence-corrected chi connectivity index (χ3v) is 3.35. The van der Waals surface area contributed by atoms with Crippen molar-refractivity contribution in [3.63, 3.8) is 0 Å². The van der Waals surface area contributed by atoms with Crippen molar-refractivity contribution in [3.8, 4) is 0 Å². The van der Waals surface area contributed by atoms with Crippen molar-refractivity contribution >= 4 is 31.9 Å². The van der Waals surface area contributed by atoms with Gasteiger partial charge in [-0.3, -0.25) is 0 Å². The molecule has 3 heteroatoms. The van der Waals surface area contributed by atoms with E-state index in [0.29, 0.717) is 4.83 Å². The summed E-state index contributed by atoms with van der Waals surface area (Å²) >= 11 is 6.81. The van der Waals surface area contributed by atoms with Gasteiger partial charge in [0.15, 0.2) is 0 Å². The fraction of sp³-hybridized carbons (Fsp3) is 1.00. The lowest BCUT2D eigenvalue weighted by atomic mass is 10.4. The molecule has 0 heterocycles. The maximum absolute atomic E-state index is 5.35. The molecular weight excluding hydrogens is 260 g/mol. The van der Waals surface area contributed by atoms with Gasteiger partial charge in [0.2, 0.25) is 0 Å². The van der Waals surface area contributed by atoms with E-state index in [4.69, 9.17) is 4.74 Å². The minimum atomic E-state index is 0.462. The Labute approximate surface area is 79.8 Å². The van der Waals surface area contributed by atoms with Crippen LogP contribution in [-0.2, 0) is 4.74 Å². The zero-order valence-corrected chi connectivity index (χ0v) is 9.45. The Morgan fingerprint density at radius 2 is 2.20 bits per heavy atom. The quantitative estimate of drug-likeness (QED) is 0.534. The molecule has 0 saturated carbocycles. The summed E-state index contributed by atoms with van der Waals surface area (Å²) in [5.41, 5.74) is 0. The summed E-state index contributed by atoms with van der Waals surface area (Å²) in [6.45, 7) is 3.87. The first-order chi connectivity index (χ1) is 4.81. The standard InChI is InChI=1S/C7H14Br2O/c1-2-3-4-10-6-7(9)5-8/h7H,2-6H2,1H3/t7-/m1/s1. The number of alkyl halides is 2. The first-order valence-corrected chi connectivity index (χ1v) is 5.62. The van der Waals surface area contributed by atoms with Gasteiger partial charge in [0, 0.05) is 16.8 Å². The SMILES string of the molecule is CCCCOC[C@H](Br)CBr. The van der Waals surface area contributed by atoms with Gasteiger partial charge in [-0.1, -0.05) is 45.2 Å². The Hall–Kier alpha value is 0.920. The van der Waals surface area contributed by atoms with Gasteiger partial charge in [0.25, 0.3) is 0 Å². The first-order valence-electron chi connectivity index (χ1n) is 3.59. The van der Waals surface area contributed by atoms with Crippen molar-refractivity contribution in [3.05, 3.63) is 0 Å². The third kappa shape index (κ3) is 7.03. The van der Waals surface area contributed by atoms with Crippen LogP contribution in [0.2, 0.25) is 0 Å². The van der Waals surface area contributed by atoms with E-state index >= 15 is 0 Å². The Morgan fingerprint density at radius 3 is 2.70 bits per heavy atom. The van der Waals surface area contributed by atoms with Crippen LogP contribution < -0.4 is 0 Å². The van der Waals surface area contributed by atoms with Crippen molar-refractivity contribution < 1.29 is 4.74 Å². The highest BCUT2D eigenvalue weighted by molar-refractivity contribution is 9.12. The predicted octanol–water partition coefficient (Wildman–Crippen LogP) is 2.96. The topological polar surface area (TPSA) is 9.23 Å². The molecular formula is C7H14Br2O. The van der Waals surface area contributed by atoms with Crippen molar-refractivity contribution in [1.29, 1.82) is 0 Å². The van der Waals surface area contributed by atoms with Gasteiger partial charge < -0.3 is 4.74 Å². The number of hydrogen-bond donors (Lipinski definition) is 0. The fourth-order valence-electron chi connectivity index (χ4n) is 0.502. The van der Waals surface area contributed by atoms with Crippen LogP contribution in [0.25, 0.3) is 0 Å². The highest BCUT2D eigenvalue weighted by Crippen LogP contribution is 2.03. The highest BCUT2D eigenvalue weighted by atomic mass is 79.9. The van der Waals surface area contributed by atoms with Crippen molar-refractivity contribution in [2.45, 2.75) is 24.6 Å². The Bertz CT molecular complexity index is 68.6. The van der Waals surface area contributed by atoms with E-state index in [9.17, 15) is 0 Å². The van der Waals surface area contributed by atoms with Crippen LogP contribution in [0.5, 0.6) is 0 Å². The molecule has 1 nitrogen and oxygen atoms in total. The molecule has 0 aliphatic rings. The van der Waals surface area contributed by atoms with E-state index in [1.165, 1.54) is 12.8 Å². The summed E-state index contributed by atoms with van der Waals surface area (Å²) in [7, 11) is 0. The van der Waals surface area contributed by atoms with Gasteiger partial charge in [-0.2, -0.15) is 0 Å². The number of hydrogen-bond acceptors (Lipinski definition) is 1. The summed E-state index contributed by atoms with van der Waals surface area (Å²) in [5, 5.41) is 0.957. The molecule has 0 aromatic carbocycles. The van der Waals surface area contributed by atoms with E-state index in [2.05, 4.69) is 38.8 Å². The van der Waals surface area contributed by atoms with Gasteiger partial charge in [0.1, 0.15) is 0 Å². The van der Waals surface area contributed by atoms with E-state index in [1.54, 1.807) is 0 Å². The molecule has 10 heavy (non-hydrogen) atoms. The zero-order chi connectivity index (χ0) is 7.82. The molecule has 0 aromatic heterocycles. The summed E-state index contributed by atoms with van der Waals surface area (Å²) in [4.78, 5) is 0.462. The van der Waals surface area contributed by atoms with Crippen molar-refractivity contribution in [2.75, 3.05) is 18.5 Å². The molecule has 1 atom stereocenters. The van der Waals surface area contributed by atoms with Crippen LogP contribution in [0.3, 0.4) is 0 Å². The van der Waals surface area contributed by atoms with E-state index in [1.807, 2.05) is 0 Å². The third-order valence-electron chi connectivity index (χ3n) is 1.11. The smallest absolute Gasteiger partial charge is 0.0599 e. The van der Waals surface area contributed by atoms with Crippen LogP contribution in [0.1, 0.15) is 19.8 Å². The number of halogens is 2. The monoisotopic (exact) mass is 272 g/mol. The maximum Gasteiger partial charge on any atom is 0.0599 e. The Kier molecular flexibility index (Phi) is 8.76. The van der Waals surface area contributed by atoms with Crippen LogP contribution in [-0.4, -0.2) is 23.4 Å². The largest absolute Gasteiger partial charge is 0.380 e. The number of rotatable bonds is 6. The fourth-order valence-corrected chi connectivity index (χ4v) is 0.876. The molecule has 0 unspecified atom stereocenters. The summed E-state index contributed by atoms with van der Waals surface area (Å²) < 4.78 is 5.35. The zero-order valence-electron chi connectivity index (χ0n) is 6.28. The number of ether oxygens (including phenoxy) is 1. The summed E-state index contributed by atoms with van der Waals surface area (Å²) in [5.74, 6) is 0. The molecule has 0 radical (unpaired) electrons. The van der Waals surface area contributed by atoms with E-state index in [0.717, 1.165) is 18.5 Å². The van der Waals surface area contributed by atoms with Crippen LogP contribution in [0.4, 0.5) is 0 Å². The highest BCUT2D eigenvalue weighted by Gasteiger charge is 1.99. The molecule has 0 N–H and O–H groups in total. The second kappa shape index (κ2) is 8.02. The lowest BCUT2D eigenvalue weighted by Gasteiger charge is -2.05. The summed E-state index contributed by atoms with van der Waals surface area (Å²) in [6, 6.07) is 0. The maximum atomic E-state index is 5.35. The lowest BCUT2D eigenvalue weighted by molar-refractivity contribution is 0.136. The van der Waals surface area contributed by atoms with Gasteiger partial charge >= 0.3 is 0 Å². The molecule has 0 spiro atoms. The number of unbranched alkanes of at least 4 members (excludes halogenated alkanes) is 1. The first kappa shape index (κ1) is 10.9. The molecule has 0 amide bonds. The minimum absolute atomic E-state index is 0.462. The van der Waals surface area contributed by atoms with Crippen LogP contribution in [0.15, 0.2) is 0 Å². The molecule has 62 valence electrons. The molecule has 0 bridgehead atoms. The van der Waals surface area contributed by atoms with Gasteiger partial charge in [-0.15, -0.1) is 0 Å². The average molecular weight is 274 g/mol. The lowest BCUT2D eigenvalue weighted by Crippen LogP contribution is -2.10. The van der Waals surface area contributed by atoms with Crippen molar-refractivity contribution in [2.24, 2.45) is 0 Å². The average Bonchev–Trinajstić information content (AvgIpc) is 1.98. The molecule has 0 fully saturated rings. The van der Waals surface area contributed by atoms with Crippen molar-refractivity contribution in [1.82, 2.24) is 0 Å². The Morgan fingerprint density at radius 1 is 1.50 bits per heavy atom. The second-order valence-corrected chi connectivity index (χ2v) is 4.12. The van der Waals surface area contributed by atoms with E-state index in [-0.39, 0.29) is 0 Å². The minimum Gasteiger partial charge on any atom is -0.380 e. The normalized spacial score (nSPS) is 13.5. The molecule has 0 saturated heterocycles.